The van der Waals surface area contributed by atoms with E-state index in [4.69, 9.17) is 46.5 Å². The van der Waals surface area contributed by atoms with E-state index >= 15 is 0 Å². The fraction of sp³-hybridized carbons (Fsp3) is 0.895. The molecular formula is C57H97F3N4O14S43. The van der Waals surface area contributed by atoms with Crippen molar-refractivity contribution in [3.63, 3.8) is 0 Å². The Morgan fingerprint density at radius 2 is 0.760 bits per heavy atom. The van der Waals surface area contributed by atoms with E-state index in [1.807, 2.05) is 261 Å². The van der Waals surface area contributed by atoms with Crippen molar-refractivity contribution in [1.82, 2.24) is 16.0 Å². The summed E-state index contributed by atoms with van der Waals surface area (Å²) in [6.45, 7) is 25.1. The number of aliphatic carboxylic acids is 1. The maximum Gasteiger partial charge on any atom is 0.430 e. The van der Waals surface area contributed by atoms with Crippen LogP contribution in [0.1, 0.15) is 166 Å². The Balaban J connectivity index is 0.000000453. The molecule has 0 aliphatic heterocycles. The molecule has 0 spiro atoms. The minimum Gasteiger partial charge on any atom is -0.542 e. The zero-order valence-corrected chi connectivity index (χ0v) is 101. The van der Waals surface area contributed by atoms with Gasteiger partial charge in [0.2, 0.25) is 0 Å². The Morgan fingerprint density at radius 3 is 1.00 bits per heavy atom. The molecule has 16 atom stereocenters. The molecule has 0 aromatic carbocycles. The van der Waals surface area contributed by atoms with Crippen LogP contribution >= 0.6 is 0 Å². The summed E-state index contributed by atoms with van der Waals surface area (Å²) < 4.78 is 48.7. The summed E-state index contributed by atoms with van der Waals surface area (Å²) in [5.74, 6) is -4.26. The van der Waals surface area contributed by atoms with Crippen molar-refractivity contribution >= 4 is 422 Å². The molecule has 708 valence electrons. The van der Waals surface area contributed by atoms with E-state index in [0.29, 0.717) is 64.7 Å². The van der Waals surface area contributed by atoms with Gasteiger partial charge in [0, 0.05) is 466 Å². The zero-order valence-electron chi connectivity index (χ0n) is 66.1. The van der Waals surface area contributed by atoms with E-state index in [1.54, 1.807) is 107 Å². The first kappa shape index (κ1) is 121. The highest BCUT2D eigenvalue weighted by atomic mass is 33.5. The number of alkyl carbamates (subject to hydrolysis) is 1. The first-order chi connectivity index (χ1) is 57.6. The van der Waals surface area contributed by atoms with Gasteiger partial charge in [-0.15, -0.1) is 0 Å². The molecule has 4 bridgehead atoms. The Kier molecular flexibility index (Phi) is 67.4. The summed E-state index contributed by atoms with van der Waals surface area (Å²) in [6.07, 6.45) is 2.16. The van der Waals surface area contributed by atoms with Crippen LogP contribution in [-0.2, 0) is 425 Å². The highest BCUT2D eigenvalue weighted by molar-refractivity contribution is 8.81. The van der Waals surface area contributed by atoms with Gasteiger partial charge in [0.25, 0.3) is 0 Å². The maximum atomic E-state index is 13.7. The maximum absolute atomic E-state index is 13.7. The van der Waals surface area contributed by atoms with Crippen LogP contribution in [0.25, 0.3) is 0 Å². The molecule has 6 fully saturated rings. The number of quaternary nitrogens is 1. The standard InChI is InChI=1S/C30H52N2O7.C25H44N2O5.C2HF3O2.S43/c1-8-28(6)16-22(38-23(35)18-33)29(7)19(2)10-12-30(13-11-21(34)24(29)30)20(25(28)36)17-31-14-9-15-32-26(37)39-27(3,4)5;1-5-23(3)13-19(32-20(30)15-28)24(4)16(2)7-9-25(10-8-18(29)21(24)25)17(22(23)31)14-27-12-6-11-26;3-2(4,5)1(6)7;1-3-5-7-9-11-13-15-17-19-21-23-25-27-29-31-33-35-37-39-41-43-42-40-38-36-34-32-30-28-26-24-22-20-18-16-14-12-10-8-6-4-2/h19-20,22,24-25,31,33,36H,8-18H2,1-7H3,(H,32,37);16-17,19,21-22,27-28,31H,5-15,26H2,1-4H3;(H,6,7);/t19-,20+,22-,24?,25+,28+,29+,30+;16-,17+,19-,21?,22+,23+,24+,25+;;/m11../s1. The summed E-state index contributed by atoms with van der Waals surface area (Å²) in [5.41, 5.74) is 0.609. The van der Waals surface area contributed by atoms with Gasteiger partial charge in [0.05, 0.1) is 18.8 Å². The van der Waals surface area contributed by atoms with Crippen LogP contribution in [0.4, 0.5) is 18.0 Å². The van der Waals surface area contributed by atoms with Gasteiger partial charge in [0.1, 0.15) is 48.6 Å². The Morgan fingerprint density at radius 1 is 0.488 bits per heavy atom. The first-order valence-corrected chi connectivity index (χ1v) is 91.7. The predicted molar refractivity (Wildman–Crippen MR) is 597 cm³/mol. The molecule has 0 aromatic rings. The third kappa shape index (κ3) is 43.1. The number of amides is 1. The number of aliphatic hydroxyl groups is 4. The van der Waals surface area contributed by atoms with Gasteiger partial charge in [0.15, 0.2) is 0 Å². The molecule has 0 saturated heterocycles. The lowest BCUT2D eigenvalue weighted by molar-refractivity contribution is -0.368. The number of carboxylic acid groups (broad SMARTS) is 1. The molecule has 0 aromatic heterocycles. The quantitative estimate of drug-likeness (QED) is 0.0578. The molecule has 121 heavy (non-hydrogen) atoms. The molecule has 64 heteroatoms. The average Bonchev–Trinajstić information content (AvgIpc) is 1.62. The normalized spacial score (nSPS) is 27.4. The van der Waals surface area contributed by atoms with Crippen molar-refractivity contribution < 1.29 is 87.4 Å². The number of carbonyl (C=O) groups excluding carboxylic acids is 6. The number of ketones is 2. The minimum absolute atomic E-state index is 0.0324. The van der Waals surface area contributed by atoms with E-state index in [1.165, 1.54) is 17.8 Å². The monoisotopic (exact) mass is 2490 g/mol. The lowest BCUT2D eigenvalue weighted by atomic mass is 9.43. The molecule has 0 radical (unpaired) electrons. The van der Waals surface area contributed by atoms with E-state index < -0.39 is 95.1 Å². The summed E-state index contributed by atoms with van der Waals surface area (Å²) >= 11 is 9.61. The Hall–Kier alpha value is 5.99. The lowest BCUT2D eigenvalue weighted by Gasteiger charge is -2.62. The number of ether oxygens (including phenoxy) is 3. The summed E-state index contributed by atoms with van der Waals surface area (Å²) in [6, 6.07) is 0. The number of carbonyl (C=O) groups is 6. The zero-order chi connectivity index (χ0) is 90.0. The fourth-order valence-electron chi connectivity index (χ4n) is 15.9. The molecule has 1 amide bonds. The summed E-state index contributed by atoms with van der Waals surface area (Å²) in [5, 5.41) is 61.5. The van der Waals surface area contributed by atoms with E-state index in [0.717, 1.165) is 64.5 Å². The number of aliphatic hydroxyl groups excluding tert-OH is 4. The number of rotatable bonds is 17. The van der Waals surface area contributed by atoms with Crippen molar-refractivity contribution in [1.29, 1.82) is 0 Å². The van der Waals surface area contributed by atoms with Crippen LogP contribution in [0.3, 0.4) is 0 Å². The van der Waals surface area contributed by atoms with Crippen molar-refractivity contribution in [2.24, 2.45) is 68.0 Å². The number of nitrogens with one attached hydrogen (secondary N) is 3. The number of hydrogen-bond acceptors (Lipinski definition) is 18. The number of esters is 2. The molecule has 6 aliphatic rings. The van der Waals surface area contributed by atoms with Gasteiger partial charge in [-0.3, -0.25) is 9.59 Å². The van der Waals surface area contributed by atoms with Gasteiger partial charge in [-0.05, 0) is 131 Å². The molecule has 6 rings (SSSR count). The van der Waals surface area contributed by atoms with Gasteiger partial charge < -0.3 is 66.2 Å². The van der Waals surface area contributed by atoms with Crippen molar-refractivity contribution in [3.8, 4) is 0 Å². The second-order valence-electron chi connectivity index (χ2n) is 28.6. The second-order valence-corrected chi connectivity index (χ2v) is 101. The van der Waals surface area contributed by atoms with Crippen molar-refractivity contribution in [3.05, 3.63) is 0 Å². The van der Waals surface area contributed by atoms with Gasteiger partial charge >= 0.3 is 24.2 Å². The summed E-state index contributed by atoms with van der Waals surface area (Å²) in [7, 11) is 72.9. The molecule has 2 unspecified atom stereocenters. The van der Waals surface area contributed by atoms with Gasteiger partial charge in [-0.2, -0.15) is 13.2 Å². The molecule has 6 saturated carbocycles. The smallest absolute Gasteiger partial charge is 0.430 e. The van der Waals surface area contributed by atoms with E-state index in [-0.39, 0.29) is 57.9 Å². The van der Waals surface area contributed by atoms with Crippen LogP contribution in [0.5, 0.6) is 0 Å². The van der Waals surface area contributed by atoms with Crippen LogP contribution < -0.4 is 26.8 Å². The lowest BCUT2D eigenvalue weighted by Crippen LogP contribution is -2.65. The predicted octanol–water partition coefficient (Wildman–Crippen LogP) is 4.10. The Bertz CT molecular complexity index is 5510. The van der Waals surface area contributed by atoms with Gasteiger partial charge in [-0.25, -0.2) is 14.4 Å². The largest absolute Gasteiger partial charge is 0.542 e. The highest BCUT2D eigenvalue weighted by Gasteiger charge is 2.71. The third-order valence-electron chi connectivity index (χ3n) is 21.6. The average molecular weight is 2500 g/mol. The van der Waals surface area contributed by atoms with Crippen LogP contribution in [0, 0.1) is 68.0 Å². The molecular weight excluding hydrogens is 2400 g/mol. The molecule has 6 aliphatic carbocycles. The fourth-order valence-corrected chi connectivity index (χ4v) is 123. The number of Topliss-reactive ketones (excluding diaryl/α,β-unsaturated/α-hetero) is 2. The van der Waals surface area contributed by atoms with Gasteiger partial charge in [-0.1, -0.05) is 55.4 Å². The van der Waals surface area contributed by atoms with Crippen molar-refractivity contribution in [2.45, 2.75) is 202 Å². The number of carboxylic acids is 1. The van der Waals surface area contributed by atoms with E-state index in [2.05, 4.69) is 77.1 Å². The Labute approximate surface area is 833 Å². The molecule has 10 N–H and O–H groups in total. The number of hydrogen-bond donors (Lipinski definition) is 8. The van der Waals surface area contributed by atoms with Crippen LogP contribution in [0.15, 0.2) is 0 Å². The number of halogens is 3. The van der Waals surface area contributed by atoms with Crippen LogP contribution in [0.2, 0.25) is 0 Å². The van der Waals surface area contributed by atoms with E-state index in [9.17, 15) is 57.6 Å². The third-order valence-corrected chi connectivity index (χ3v) is 110. The highest BCUT2D eigenvalue weighted by Crippen LogP contribution is 2.70. The van der Waals surface area contributed by atoms with Crippen molar-refractivity contribution in [2.75, 3.05) is 52.5 Å². The number of alkyl halides is 3. The molecule has 18 nitrogen and oxygen atoms in total. The summed E-state index contributed by atoms with van der Waals surface area (Å²) in [4.78, 5) is 72.5. The van der Waals surface area contributed by atoms with Crippen LogP contribution in [-0.4, -0.2) is 145 Å². The minimum atomic E-state index is -5.19. The molecule has 0 heterocycles. The topological polar surface area (TPSA) is 298 Å². The second kappa shape index (κ2) is 67.3. The first-order valence-electron chi connectivity index (χ1n) is 35.7. The SMILES string of the molecule is CC[C@@]1(C)C[C@@H](OC(=O)CO)[C@@]2(C)C3C(=O)CC[C@@]3(CC[C@H]2C)[C@@H](CNCCCNC(=O)OC(C)(C)C)[C@@H]1O.CC[C@@]1(C)C[C@@H](OC(=O)CO)[C@@]2(C)C3C(=O)CC[C@@]3(CC[C@H]2C)[C@@H](CNCCC[NH3+])[C@@H]1O.O=C([O-])C(F)(F)F.S=S=S=S=S=S=S=S=S=S=S=S=S=S=S=S=S=S=S=S=S=S=S=S=S=S=S=S=S=S=S=S=S=S=S=S=S=S=S=S=S=S=S.